The highest BCUT2D eigenvalue weighted by Crippen LogP contribution is 2.26. The van der Waals surface area contributed by atoms with Gasteiger partial charge in [0.2, 0.25) is 0 Å². The summed E-state index contributed by atoms with van der Waals surface area (Å²) in [5, 5.41) is 5.62. The van der Waals surface area contributed by atoms with Gasteiger partial charge in [-0.15, -0.1) is 11.3 Å². The molecule has 0 aliphatic carbocycles. The van der Waals surface area contributed by atoms with Gasteiger partial charge in [0, 0.05) is 12.2 Å². The minimum absolute atomic E-state index is 0.335. The first kappa shape index (κ1) is 13.2. The number of hydrogen-bond donors (Lipinski definition) is 1. The molecule has 2 nitrogen and oxygen atoms in total. The molecule has 2 aromatic rings. The van der Waals surface area contributed by atoms with Crippen molar-refractivity contribution in [3.05, 3.63) is 41.4 Å². The van der Waals surface area contributed by atoms with E-state index >= 15 is 0 Å². The van der Waals surface area contributed by atoms with Crippen LogP contribution in [0.25, 0.3) is 10.2 Å². The first-order valence-electron chi connectivity index (χ1n) is 6.47. The number of rotatable bonds is 6. The van der Waals surface area contributed by atoms with Crippen LogP contribution in [0.1, 0.15) is 38.3 Å². The topological polar surface area (TPSA) is 24.9 Å². The maximum atomic E-state index is 4.52. The zero-order valence-electron chi connectivity index (χ0n) is 11.1. The molecule has 0 saturated heterocycles. The molecule has 1 N–H and O–H groups in total. The Hall–Kier alpha value is -1.19. The number of nitrogens with one attached hydrogen (secondary N) is 1. The van der Waals surface area contributed by atoms with Gasteiger partial charge in [0.25, 0.3) is 0 Å². The van der Waals surface area contributed by atoms with E-state index in [4.69, 9.17) is 0 Å². The Morgan fingerprint density at radius 2 is 2.33 bits per heavy atom. The molecule has 0 fully saturated rings. The first-order valence-corrected chi connectivity index (χ1v) is 7.35. The molecule has 0 aromatic carbocycles. The Labute approximate surface area is 113 Å². The summed E-state index contributed by atoms with van der Waals surface area (Å²) in [6, 6.07) is 4.65. The number of nitrogens with zero attached hydrogens (tertiary/aromatic N) is 1. The van der Waals surface area contributed by atoms with Crippen LogP contribution < -0.4 is 5.32 Å². The first-order chi connectivity index (χ1) is 8.74. The van der Waals surface area contributed by atoms with Gasteiger partial charge in [-0.05, 0) is 42.5 Å². The predicted octanol–water partition coefficient (Wildman–Crippen LogP) is 4.30. The summed E-state index contributed by atoms with van der Waals surface area (Å²) in [5.41, 5.74) is 3.64. The van der Waals surface area contributed by atoms with Gasteiger partial charge in [0.1, 0.15) is 0 Å². The van der Waals surface area contributed by atoms with Crippen LogP contribution in [-0.4, -0.2) is 11.5 Å². The minimum atomic E-state index is 0.335. The molecule has 0 saturated carbocycles. The Morgan fingerprint density at radius 1 is 1.50 bits per heavy atom. The molecule has 0 amide bonds. The Bertz CT molecular complexity index is 530. The highest BCUT2D eigenvalue weighted by molar-refractivity contribution is 7.17. The predicted molar refractivity (Wildman–Crippen MR) is 80.1 cm³/mol. The van der Waals surface area contributed by atoms with Crippen LogP contribution in [0.5, 0.6) is 0 Å². The van der Waals surface area contributed by atoms with Gasteiger partial charge >= 0.3 is 0 Å². The zero-order valence-corrected chi connectivity index (χ0v) is 11.9. The summed E-state index contributed by atoms with van der Waals surface area (Å²) < 4.78 is 1.26. The number of pyridine rings is 1. The third-order valence-electron chi connectivity index (χ3n) is 3.17. The van der Waals surface area contributed by atoms with Crippen LogP contribution in [-0.2, 0) is 0 Å². The van der Waals surface area contributed by atoms with E-state index in [1.807, 2.05) is 6.20 Å². The fraction of sp³-hybridized carbons (Fsp3) is 0.400. The second-order valence-corrected chi connectivity index (χ2v) is 5.44. The SMILES string of the molecule is C=C(CC)CC(NCC)c1cnc2ccsc2c1. The van der Waals surface area contributed by atoms with E-state index in [2.05, 4.69) is 48.2 Å². The van der Waals surface area contributed by atoms with E-state index in [0.29, 0.717) is 6.04 Å². The van der Waals surface area contributed by atoms with Crippen LogP contribution in [0.3, 0.4) is 0 Å². The lowest BCUT2D eigenvalue weighted by Crippen LogP contribution is -2.21. The lowest BCUT2D eigenvalue weighted by molar-refractivity contribution is 0.542. The normalized spacial score (nSPS) is 12.8. The molecule has 1 unspecified atom stereocenters. The summed E-state index contributed by atoms with van der Waals surface area (Å²) in [7, 11) is 0. The van der Waals surface area contributed by atoms with Gasteiger partial charge in [-0.1, -0.05) is 26.0 Å². The molecule has 3 heteroatoms. The summed E-state index contributed by atoms with van der Waals surface area (Å²) in [6.45, 7) is 9.37. The van der Waals surface area contributed by atoms with Crippen molar-refractivity contribution in [3.63, 3.8) is 0 Å². The lowest BCUT2D eigenvalue weighted by atomic mass is 9.99. The summed E-state index contributed by atoms with van der Waals surface area (Å²) in [4.78, 5) is 4.52. The summed E-state index contributed by atoms with van der Waals surface area (Å²) >= 11 is 1.75. The summed E-state index contributed by atoms with van der Waals surface area (Å²) in [5.74, 6) is 0. The van der Waals surface area contributed by atoms with E-state index in [9.17, 15) is 0 Å². The van der Waals surface area contributed by atoms with Gasteiger partial charge in [-0.2, -0.15) is 0 Å². The van der Waals surface area contributed by atoms with Crippen LogP contribution in [0, 0.1) is 0 Å². The van der Waals surface area contributed by atoms with Gasteiger partial charge in [-0.3, -0.25) is 4.98 Å². The Balaban J connectivity index is 2.25. The van der Waals surface area contributed by atoms with Crippen molar-refractivity contribution in [3.8, 4) is 0 Å². The second kappa shape index (κ2) is 6.12. The molecule has 0 spiro atoms. The van der Waals surface area contributed by atoms with Crippen LogP contribution in [0.2, 0.25) is 0 Å². The summed E-state index contributed by atoms with van der Waals surface area (Å²) in [6.07, 6.45) is 4.02. The van der Waals surface area contributed by atoms with Crippen LogP contribution in [0.15, 0.2) is 35.9 Å². The smallest absolute Gasteiger partial charge is 0.0809 e. The molecular weight excluding hydrogens is 240 g/mol. The van der Waals surface area contributed by atoms with Crippen molar-refractivity contribution >= 4 is 21.6 Å². The van der Waals surface area contributed by atoms with Crippen molar-refractivity contribution in [1.29, 1.82) is 0 Å². The van der Waals surface area contributed by atoms with Crippen molar-refractivity contribution in [1.82, 2.24) is 10.3 Å². The lowest BCUT2D eigenvalue weighted by Gasteiger charge is -2.19. The van der Waals surface area contributed by atoms with Gasteiger partial charge in [0.15, 0.2) is 0 Å². The van der Waals surface area contributed by atoms with E-state index in [-0.39, 0.29) is 0 Å². The van der Waals surface area contributed by atoms with Gasteiger partial charge < -0.3 is 5.32 Å². The van der Waals surface area contributed by atoms with Gasteiger partial charge in [-0.25, -0.2) is 0 Å². The highest BCUT2D eigenvalue weighted by Gasteiger charge is 2.12. The van der Waals surface area contributed by atoms with E-state index in [1.165, 1.54) is 15.8 Å². The molecular formula is C15H20N2S. The highest BCUT2D eigenvalue weighted by atomic mass is 32.1. The quantitative estimate of drug-likeness (QED) is 0.783. The fourth-order valence-corrected chi connectivity index (χ4v) is 2.83. The van der Waals surface area contributed by atoms with Crippen LogP contribution >= 0.6 is 11.3 Å². The van der Waals surface area contributed by atoms with Crippen molar-refractivity contribution in [2.24, 2.45) is 0 Å². The molecule has 96 valence electrons. The molecule has 1 atom stereocenters. The molecule has 0 bridgehead atoms. The minimum Gasteiger partial charge on any atom is -0.310 e. The molecule has 18 heavy (non-hydrogen) atoms. The third-order valence-corrected chi connectivity index (χ3v) is 4.02. The molecule has 2 aromatic heterocycles. The molecule has 0 radical (unpaired) electrons. The molecule has 2 rings (SSSR count). The van der Waals surface area contributed by atoms with Crippen LogP contribution in [0.4, 0.5) is 0 Å². The van der Waals surface area contributed by atoms with Gasteiger partial charge in [0.05, 0.1) is 10.2 Å². The maximum Gasteiger partial charge on any atom is 0.0809 e. The molecule has 2 heterocycles. The standard InChI is InChI=1S/C15H20N2S/c1-4-11(3)8-14(16-5-2)12-9-15-13(17-10-12)6-7-18-15/h6-7,9-10,14,16H,3-5,8H2,1-2H3. The number of hydrogen-bond acceptors (Lipinski definition) is 3. The maximum absolute atomic E-state index is 4.52. The third kappa shape index (κ3) is 2.98. The molecule has 0 aliphatic rings. The largest absolute Gasteiger partial charge is 0.310 e. The Morgan fingerprint density at radius 3 is 3.06 bits per heavy atom. The fourth-order valence-electron chi connectivity index (χ4n) is 2.04. The van der Waals surface area contributed by atoms with E-state index in [1.54, 1.807) is 11.3 Å². The second-order valence-electron chi connectivity index (χ2n) is 4.49. The van der Waals surface area contributed by atoms with Crippen molar-refractivity contribution < 1.29 is 0 Å². The Kier molecular flexibility index (Phi) is 4.50. The van der Waals surface area contributed by atoms with E-state index in [0.717, 1.165) is 24.9 Å². The zero-order chi connectivity index (χ0) is 13.0. The molecule has 0 aliphatic heterocycles. The van der Waals surface area contributed by atoms with Crippen molar-refractivity contribution in [2.75, 3.05) is 6.54 Å². The number of aromatic nitrogens is 1. The van der Waals surface area contributed by atoms with Crippen molar-refractivity contribution in [2.45, 2.75) is 32.7 Å². The average Bonchev–Trinajstić information content (AvgIpc) is 2.85. The monoisotopic (exact) mass is 260 g/mol. The average molecular weight is 260 g/mol. The number of fused-ring (bicyclic) bond motifs is 1. The van der Waals surface area contributed by atoms with E-state index < -0.39 is 0 Å². The number of thiophene rings is 1.